The zero-order chi connectivity index (χ0) is 19.2. The number of halogens is 1. The molecule has 2 aromatic carbocycles. The van der Waals surface area contributed by atoms with Gasteiger partial charge in [0, 0.05) is 55.0 Å². The van der Waals surface area contributed by atoms with E-state index in [0.717, 1.165) is 29.5 Å². The first-order chi connectivity index (χ1) is 13.0. The molecule has 2 aromatic rings. The Morgan fingerprint density at radius 3 is 2.81 bits per heavy atom. The molecule has 3 rings (SSSR count). The highest BCUT2D eigenvalue weighted by Gasteiger charge is 2.23. The second kappa shape index (κ2) is 8.85. The number of hydrogen-bond acceptors (Lipinski definition) is 4. The van der Waals surface area contributed by atoms with Crippen molar-refractivity contribution in [2.24, 2.45) is 4.99 Å². The minimum Gasteiger partial charge on any atom is -0.369 e. The van der Waals surface area contributed by atoms with Crippen molar-refractivity contribution < 1.29 is 4.92 Å². The van der Waals surface area contributed by atoms with Crippen molar-refractivity contribution in [3.8, 4) is 0 Å². The van der Waals surface area contributed by atoms with E-state index in [1.54, 1.807) is 19.2 Å². The van der Waals surface area contributed by atoms with E-state index in [9.17, 15) is 10.1 Å². The molecule has 0 saturated carbocycles. The van der Waals surface area contributed by atoms with Crippen LogP contribution in [-0.2, 0) is 6.54 Å². The van der Waals surface area contributed by atoms with E-state index in [1.165, 1.54) is 11.8 Å². The number of rotatable bonds is 5. The third-order valence-electron chi connectivity index (χ3n) is 4.53. The van der Waals surface area contributed by atoms with Gasteiger partial charge < -0.3 is 15.5 Å². The minimum atomic E-state index is -0.383. The predicted octanol–water partition coefficient (Wildman–Crippen LogP) is 3.30. The van der Waals surface area contributed by atoms with Gasteiger partial charge in [0.15, 0.2) is 5.96 Å². The standard InChI is InChI=1S/C19H22BrN5O2/c1-21-19(22-12-14-3-2-4-18(11-14)25(26)27)23-16-9-10-24(13-16)17-7-5-15(20)6-8-17/h2-8,11,16H,9-10,12-13H2,1H3,(H2,21,22,23). The first-order valence-electron chi connectivity index (χ1n) is 8.76. The number of nitro benzene ring substituents is 1. The number of benzene rings is 2. The fourth-order valence-corrected chi connectivity index (χ4v) is 3.38. The maximum Gasteiger partial charge on any atom is 0.269 e. The third kappa shape index (κ3) is 5.19. The van der Waals surface area contributed by atoms with Crippen LogP contribution in [0.1, 0.15) is 12.0 Å². The molecule has 0 bridgehead atoms. The normalized spacial score (nSPS) is 17.0. The zero-order valence-corrected chi connectivity index (χ0v) is 16.6. The van der Waals surface area contributed by atoms with Crippen LogP contribution in [0.4, 0.5) is 11.4 Å². The van der Waals surface area contributed by atoms with Crippen LogP contribution in [0.25, 0.3) is 0 Å². The second-order valence-electron chi connectivity index (χ2n) is 6.41. The Bertz CT molecular complexity index is 825. The summed E-state index contributed by atoms with van der Waals surface area (Å²) in [5.41, 5.74) is 2.15. The van der Waals surface area contributed by atoms with Crippen molar-refractivity contribution in [3.63, 3.8) is 0 Å². The third-order valence-corrected chi connectivity index (χ3v) is 5.05. The molecule has 0 spiro atoms. The van der Waals surface area contributed by atoms with Crippen LogP contribution in [0.5, 0.6) is 0 Å². The molecule has 1 atom stereocenters. The number of anilines is 1. The van der Waals surface area contributed by atoms with E-state index in [2.05, 4.69) is 60.7 Å². The van der Waals surface area contributed by atoms with Crippen molar-refractivity contribution in [3.05, 3.63) is 68.7 Å². The van der Waals surface area contributed by atoms with E-state index in [1.807, 2.05) is 6.07 Å². The molecule has 0 radical (unpaired) electrons. The van der Waals surface area contributed by atoms with Crippen LogP contribution in [0, 0.1) is 10.1 Å². The highest BCUT2D eigenvalue weighted by Crippen LogP contribution is 2.22. The molecule has 1 aliphatic rings. The number of nitro groups is 1. The van der Waals surface area contributed by atoms with E-state index in [-0.39, 0.29) is 10.6 Å². The second-order valence-corrected chi connectivity index (χ2v) is 7.32. The summed E-state index contributed by atoms with van der Waals surface area (Å²) in [4.78, 5) is 17.1. The Labute approximate surface area is 166 Å². The van der Waals surface area contributed by atoms with E-state index in [4.69, 9.17) is 0 Å². The van der Waals surface area contributed by atoms with Gasteiger partial charge in [-0.25, -0.2) is 0 Å². The number of guanidine groups is 1. The predicted molar refractivity (Wildman–Crippen MR) is 111 cm³/mol. The summed E-state index contributed by atoms with van der Waals surface area (Å²) in [5.74, 6) is 0.698. The largest absolute Gasteiger partial charge is 0.369 e. The molecule has 7 nitrogen and oxygen atoms in total. The summed E-state index contributed by atoms with van der Waals surface area (Å²) >= 11 is 3.46. The van der Waals surface area contributed by atoms with Gasteiger partial charge in [0.05, 0.1) is 4.92 Å². The van der Waals surface area contributed by atoms with Gasteiger partial charge in [-0.3, -0.25) is 15.1 Å². The van der Waals surface area contributed by atoms with E-state index in [0.29, 0.717) is 18.5 Å². The molecule has 8 heteroatoms. The highest BCUT2D eigenvalue weighted by molar-refractivity contribution is 9.10. The molecule has 1 saturated heterocycles. The van der Waals surface area contributed by atoms with Crippen LogP contribution in [0.15, 0.2) is 58.0 Å². The van der Waals surface area contributed by atoms with Crippen LogP contribution >= 0.6 is 15.9 Å². The molecule has 0 amide bonds. The maximum atomic E-state index is 10.9. The molecule has 2 N–H and O–H groups in total. The monoisotopic (exact) mass is 431 g/mol. The van der Waals surface area contributed by atoms with Gasteiger partial charge in [-0.2, -0.15) is 0 Å². The number of nitrogens with one attached hydrogen (secondary N) is 2. The van der Waals surface area contributed by atoms with Crippen molar-refractivity contribution in [1.29, 1.82) is 0 Å². The van der Waals surface area contributed by atoms with Gasteiger partial charge in [-0.1, -0.05) is 28.1 Å². The lowest BCUT2D eigenvalue weighted by atomic mass is 10.2. The van der Waals surface area contributed by atoms with Gasteiger partial charge in [0.25, 0.3) is 5.69 Å². The number of nitrogens with zero attached hydrogens (tertiary/aromatic N) is 3. The molecular weight excluding hydrogens is 410 g/mol. The van der Waals surface area contributed by atoms with Crippen molar-refractivity contribution >= 4 is 33.3 Å². The lowest BCUT2D eigenvalue weighted by Gasteiger charge is -2.20. The van der Waals surface area contributed by atoms with E-state index < -0.39 is 0 Å². The molecule has 1 unspecified atom stereocenters. The summed E-state index contributed by atoms with van der Waals surface area (Å²) < 4.78 is 1.07. The van der Waals surface area contributed by atoms with Gasteiger partial charge >= 0.3 is 0 Å². The van der Waals surface area contributed by atoms with E-state index >= 15 is 0 Å². The molecule has 0 aromatic heterocycles. The van der Waals surface area contributed by atoms with Gasteiger partial charge in [0.1, 0.15) is 0 Å². The molecular formula is C19H22BrN5O2. The summed E-state index contributed by atoms with van der Waals surface area (Å²) in [6.07, 6.45) is 1.02. The molecule has 27 heavy (non-hydrogen) atoms. The molecule has 1 fully saturated rings. The number of hydrogen-bond donors (Lipinski definition) is 2. The number of non-ortho nitro benzene ring substituents is 1. The summed E-state index contributed by atoms with van der Waals surface area (Å²) in [6.45, 7) is 2.37. The van der Waals surface area contributed by atoms with Crippen molar-refractivity contribution in [2.75, 3.05) is 25.0 Å². The fourth-order valence-electron chi connectivity index (χ4n) is 3.12. The Morgan fingerprint density at radius 2 is 2.11 bits per heavy atom. The maximum absolute atomic E-state index is 10.9. The quantitative estimate of drug-likeness (QED) is 0.328. The van der Waals surface area contributed by atoms with Gasteiger partial charge in [-0.15, -0.1) is 0 Å². The van der Waals surface area contributed by atoms with Gasteiger partial charge in [0.2, 0.25) is 0 Å². The Balaban J connectivity index is 1.53. The Morgan fingerprint density at radius 1 is 1.33 bits per heavy atom. The first-order valence-corrected chi connectivity index (χ1v) is 9.55. The summed E-state index contributed by atoms with van der Waals surface area (Å²) in [7, 11) is 1.73. The highest BCUT2D eigenvalue weighted by atomic mass is 79.9. The lowest BCUT2D eigenvalue weighted by Crippen LogP contribution is -2.44. The summed E-state index contributed by atoms with van der Waals surface area (Å²) in [6, 6.07) is 15.2. The molecule has 0 aliphatic carbocycles. The molecule has 142 valence electrons. The van der Waals surface area contributed by atoms with Gasteiger partial charge in [-0.05, 0) is 36.2 Å². The lowest BCUT2D eigenvalue weighted by molar-refractivity contribution is -0.384. The molecule has 1 heterocycles. The van der Waals surface area contributed by atoms with Crippen LogP contribution < -0.4 is 15.5 Å². The fraction of sp³-hybridized carbons (Fsp3) is 0.316. The Kier molecular flexibility index (Phi) is 6.28. The van der Waals surface area contributed by atoms with Crippen molar-refractivity contribution in [1.82, 2.24) is 10.6 Å². The van der Waals surface area contributed by atoms with Crippen LogP contribution in [0.2, 0.25) is 0 Å². The smallest absolute Gasteiger partial charge is 0.269 e. The zero-order valence-electron chi connectivity index (χ0n) is 15.1. The van der Waals surface area contributed by atoms with Crippen LogP contribution in [-0.4, -0.2) is 37.1 Å². The number of aliphatic imine (C=N–C) groups is 1. The average Bonchev–Trinajstić information content (AvgIpc) is 3.14. The average molecular weight is 432 g/mol. The molecule has 1 aliphatic heterocycles. The Hall–Kier alpha value is -2.61. The minimum absolute atomic E-state index is 0.0955. The topological polar surface area (TPSA) is 82.8 Å². The first kappa shape index (κ1) is 19.2. The van der Waals surface area contributed by atoms with Crippen LogP contribution in [0.3, 0.4) is 0 Å². The summed E-state index contributed by atoms with van der Waals surface area (Å²) in [5, 5.41) is 17.6. The van der Waals surface area contributed by atoms with Crippen molar-refractivity contribution in [2.45, 2.75) is 19.0 Å². The SMILES string of the molecule is CN=C(NCc1cccc([N+](=O)[O-])c1)NC1CCN(c2ccc(Br)cc2)C1.